The summed E-state index contributed by atoms with van der Waals surface area (Å²) in [4.78, 5) is 17.5. The number of anilines is 1. The molecule has 6 heteroatoms. The van der Waals surface area contributed by atoms with Gasteiger partial charge in [-0.1, -0.05) is 35.3 Å². The van der Waals surface area contributed by atoms with E-state index in [1.165, 1.54) is 11.3 Å². The highest BCUT2D eigenvalue weighted by Gasteiger charge is 2.19. The molecule has 1 aliphatic rings. The number of para-hydroxylation sites is 1. The van der Waals surface area contributed by atoms with E-state index in [0.717, 1.165) is 48.3 Å². The first-order valence-electron chi connectivity index (χ1n) is 7.64. The minimum Gasteiger partial charge on any atom is -0.368 e. The van der Waals surface area contributed by atoms with Crippen LogP contribution in [-0.4, -0.2) is 43.4 Å². The molecule has 3 nitrogen and oxygen atoms in total. The number of halogens is 2. The van der Waals surface area contributed by atoms with Crippen LogP contribution in [0.5, 0.6) is 0 Å². The molecule has 1 aromatic heterocycles. The lowest BCUT2D eigenvalue weighted by atomic mass is 10.2. The molecule has 1 fully saturated rings. The van der Waals surface area contributed by atoms with Crippen molar-refractivity contribution in [1.29, 1.82) is 0 Å². The number of hydrogen-bond donors (Lipinski definition) is 0. The van der Waals surface area contributed by atoms with Crippen molar-refractivity contribution in [3.05, 3.63) is 50.6 Å². The van der Waals surface area contributed by atoms with Gasteiger partial charge in [-0.25, -0.2) is 0 Å². The summed E-state index contributed by atoms with van der Waals surface area (Å²) in [7, 11) is 0. The smallest absolute Gasteiger partial charge is 0.174 e. The van der Waals surface area contributed by atoms with Gasteiger partial charge in [0.15, 0.2) is 5.78 Å². The molecule has 2 heterocycles. The second kappa shape index (κ2) is 7.67. The quantitative estimate of drug-likeness (QED) is 0.728. The third kappa shape index (κ3) is 4.27. The lowest BCUT2D eigenvalue weighted by molar-refractivity contribution is 0.0966. The number of piperazine rings is 1. The van der Waals surface area contributed by atoms with Crippen molar-refractivity contribution in [3.8, 4) is 0 Å². The van der Waals surface area contributed by atoms with E-state index in [1.807, 2.05) is 24.3 Å². The minimum absolute atomic E-state index is 0.176. The Morgan fingerprint density at radius 3 is 2.43 bits per heavy atom. The van der Waals surface area contributed by atoms with Gasteiger partial charge in [0.05, 0.1) is 19.9 Å². The highest BCUT2D eigenvalue weighted by Crippen LogP contribution is 2.26. The molecule has 122 valence electrons. The van der Waals surface area contributed by atoms with E-state index in [9.17, 15) is 4.79 Å². The van der Waals surface area contributed by atoms with E-state index in [1.54, 1.807) is 6.07 Å². The summed E-state index contributed by atoms with van der Waals surface area (Å²) >= 11 is 13.5. The number of nitrogens with zero attached hydrogens (tertiary/aromatic N) is 2. The van der Waals surface area contributed by atoms with Gasteiger partial charge in [0.1, 0.15) is 0 Å². The highest BCUT2D eigenvalue weighted by molar-refractivity contribution is 7.18. The molecule has 0 radical (unpaired) electrons. The fourth-order valence-corrected chi connectivity index (χ4v) is 4.03. The Bertz CT molecular complexity index is 681. The van der Waals surface area contributed by atoms with Gasteiger partial charge in [0.25, 0.3) is 0 Å². The van der Waals surface area contributed by atoms with Crippen molar-refractivity contribution in [2.45, 2.75) is 6.42 Å². The standard InChI is InChI=1S/C17H18Cl2N2OS/c18-13-3-1-2-4-14(13)21-11-9-20(10-12-21)8-7-15(22)16-5-6-17(19)23-16/h1-6H,7-12H2. The third-order valence-electron chi connectivity index (χ3n) is 4.07. The van der Waals surface area contributed by atoms with Gasteiger partial charge in [-0.2, -0.15) is 0 Å². The number of Topliss-reactive ketones (excluding diaryl/α,β-unsaturated/α-hetero) is 1. The van der Waals surface area contributed by atoms with Crippen molar-refractivity contribution in [2.75, 3.05) is 37.6 Å². The van der Waals surface area contributed by atoms with Gasteiger partial charge < -0.3 is 4.90 Å². The fraction of sp³-hybridized carbons (Fsp3) is 0.353. The van der Waals surface area contributed by atoms with E-state index >= 15 is 0 Å². The van der Waals surface area contributed by atoms with Crippen LogP contribution in [0.1, 0.15) is 16.1 Å². The van der Waals surface area contributed by atoms with Crippen LogP contribution in [0.3, 0.4) is 0 Å². The van der Waals surface area contributed by atoms with E-state index in [4.69, 9.17) is 23.2 Å². The zero-order valence-electron chi connectivity index (χ0n) is 12.7. The topological polar surface area (TPSA) is 23.6 Å². The first-order valence-corrected chi connectivity index (χ1v) is 9.21. The van der Waals surface area contributed by atoms with Crippen molar-refractivity contribution >= 4 is 46.0 Å². The maximum Gasteiger partial charge on any atom is 0.174 e. The van der Waals surface area contributed by atoms with E-state index in [-0.39, 0.29) is 5.78 Å². The normalized spacial score (nSPS) is 15.8. The van der Waals surface area contributed by atoms with Crippen LogP contribution < -0.4 is 4.90 Å². The van der Waals surface area contributed by atoms with Gasteiger partial charge >= 0.3 is 0 Å². The summed E-state index contributed by atoms with van der Waals surface area (Å²) in [5.74, 6) is 0.176. The Kier molecular flexibility index (Phi) is 5.59. The largest absolute Gasteiger partial charge is 0.368 e. The van der Waals surface area contributed by atoms with Crippen molar-refractivity contribution in [3.63, 3.8) is 0 Å². The molecule has 1 saturated heterocycles. The number of ketones is 1. The van der Waals surface area contributed by atoms with Crippen LogP contribution in [0.2, 0.25) is 9.36 Å². The SMILES string of the molecule is O=C(CCN1CCN(c2ccccc2Cl)CC1)c1ccc(Cl)s1. The minimum atomic E-state index is 0.176. The Labute approximate surface area is 150 Å². The predicted octanol–water partition coefficient (Wildman–Crippen LogP) is 4.45. The molecule has 0 amide bonds. The van der Waals surface area contributed by atoms with Crippen LogP contribution in [0, 0.1) is 0 Å². The van der Waals surface area contributed by atoms with Crippen molar-refractivity contribution < 1.29 is 4.79 Å². The van der Waals surface area contributed by atoms with E-state index in [0.29, 0.717) is 10.8 Å². The molecule has 3 rings (SSSR count). The Hall–Kier alpha value is -1.07. The zero-order chi connectivity index (χ0) is 16.2. The number of benzene rings is 1. The predicted molar refractivity (Wildman–Crippen MR) is 98.4 cm³/mol. The molecule has 2 aromatic rings. The van der Waals surface area contributed by atoms with Crippen molar-refractivity contribution in [2.24, 2.45) is 0 Å². The molecule has 0 atom stereocenters. The average molecular weight is 369 g/mol. The summed E-state index contributed by atoms with van der Waals surface area (Å²) in [6.45, 7) is 4.56. The summed E-state index contributed by atoms with van der Waals surface area (Å²) < 4.78 is 0.668. The molecule has 0 saturated carbocycles. The lowest BCUT2D eigenvalue weighted by Crippen LogP contribution is -2.47. The van der Waals surface area contributed by atoms with Gasteiger partial charge in [0.2, 0.25) is 0 Å². The van der Waals surface area contributed by atoms with Crippen molar-refractivity contribution in [1.82, 2.24) is 4.90 Å². The number of thiophene rings is 1. The Morgan fingerprint density at radius 2 is 1.78 bits per heavy atom. The molecule has 0 unspecified atom stereocenters. The van der Waals surface area contributed by atoms with Gasteiger partial charge in [-0.15, -0.1) is 11.3 Å². The zero-order valence-corrected chi connectivity index (χ0v) is 15.0. The molecule has 0 N–H and O–H groups in total. The molecular formula is C17H18Cl2N2OS. The lowest BCUT2D eigenvalue weighted by Gasteiger charge is -2.36. The first kappa shape index (κ1) is 16.8. The maximum atomic E-state index is 12.1. The van der Waals surface area contributed by atoms with Gasteiger partial charge in [-0.05, 0) is 24.3 Å². The molecule has 1 aliphatic heterocycles. The number of rotatable bonds is 5. The monoisotopic (exact) mass is 368 g/mol. The van der Waals surface area contributed by atoms with Gasteiger partial charge in [-0.3, -0.25) is 9.69 Å². The fourth-order valence-electron chi connectivity index (χ4n) is 2.77. The summed E-state index contributed by atoms with van der Waals surface area (Å²) in [6, 6.07) is 11.5. The highest BCUT2D eigenvalue weighted by atomic mass is 35.5. The van der Waals surface area contributed by atoms with Gasteiger partial charge in [0, 0.05) is 39.1 Å². The molecule has 0 spiro atoms. The van der Waals surface area contributed by atoms with Crippen LogP contribution in [0.15, 0.2) is 36.4 Å². The second-order valence-corrected chi connectivity index (χ2v) is 7.68. The summed E-state index contributed by atoms with van der Waals surface area (Å²) in [6.07, 6.45) is 0.545. The number of hydrogen-bond acceptors (Lipinski definition) is 4. The maximum absolute atomic E-state index is 12.1. The second-order valence-electron chi connectivity index (χ2n) is 5.56. The average Bonchev–Trinajstić information content (AvgIpc) is 3.00. The first-order chi connectivity index (χ1) is 11.1. The van der Waals surface area contributed by atoms with Crippen LogP contribution >= 0.6 is 34.5 Å². The Balaban J connectivity index is 1.48. The molecule has 0 bridgehead atoms. The third-order valence-corrected chi connectivity index (χ3v) is 5.66. The van der Waals surface area contributed by atoms with Crippen LogP contribution in [-0.2, 0) is 0 Å². The van der Waals surface area contributed by atoms with Crippen LogP contribution in [0.25, 0.3) is 0 Å². The molecule has 23 heavy (non-hydrogen) atoms. The molecule has 0 aliphatic carbocycles. The number of carbonyl (C=O) groups is 1. The van der Waals surface area contributed by atoms with E-state index in [2.05, 4.69) is 15.9 Å². The molecular weight excluding hydrogens is 351 g/mol. The van der Waals surface area contributed by atoms with E-state index < -0.39 is 0 Å². The molecule has 1 aromatic carbocycles. The summed E-state index contributed by atoms with van der Waals surface area (Å²) in [5, 5.41) is 0.797. The number of carbonyl (C=O) groups excluding carboxylic acids is 1. The summed E-state index contributed by atoms with van der Waals surface area (Å²) in [5.41, 5.74) is 1.10. The Morgan fingerprint density at radius 1 is 1.04 bits per heavy atom. The van der Waals surface area contributed by atoms with Crippen LogP contribution in [0.4, 0.5) is 5.69 Å².